The van der Waals surface area contributed by atoms with Gasteiger partial charge in [-0.15, -0.1) is 0 Å². The Morgan fingerprint density at radius 1 is 1.17 bits per heavy atom. The number of nitrogens with one attached hydrogen (secondary N) is 3. The molecule has 35 heavy (non-hydrogen) atoms. The third kappa shape index (κ3) is 5.28. The number of anilines is 2. The van der Waals surface area contributed by atoms with Gasteiger partial charge in [0.1, 0.15) is 5.82 Å². The van der Waals surface area contributed by atoms with E-state index in [4.69, 9.17) is 0 Å². The summed E-state index contributed by atoms with van der Waals surface area (Å²) in [6.07, 6.45) is 0.519. The van der Waals surface area contributed by atoms with Crippen LogP contribution in [0.2, 0.25) is 0 Å². The number of alkyl halides is 2. The molecule has 1 aromatic heterocycles. The quantitative estimate of drug-likeness (QED) is 0.598. The number of amides is 1. The highest BCUT2D eigenvalue weighted by Gasteiger charge is 2.30. The van der Waals surface area contributed by atoms with E-state index in [-0.39, 0.29) is 17.6 Å². The lowest BCUT2D eigenvalue weighted by Crippen LogP contribution is -2.55. The average Bonchev–Trinajstić information content (AvgIpc) is 2.83. The number of hydrogen-bond acceptors (Lipinski definition) is 5. The molecule has 2 atom stereocenters. The summed E-state index contributed by atoms with van der Waals surface area (Å²) in [5, 5.41) is 5.92. The Morgan fingerprint density at radius 3 is 2.51 bits per heavy atom. The number of benzene rings is 1. The van der Waals surface area contributed by atoms with E-state index < -0.39 is 29.3 Å². The Labute approximate surface area is 202 Å². The molecule has 1 saturated heterocycles. The van der Waals surface area contributed by atoms with Gasteiger partial charge in [0, 0.05) is 55.1 Å². The zero-order valence-electron chi connectivity index (χ0n) is 20.0. The van der Waals surface area contributed by atoms with Crippen molar-refractivity contribution in [1.82, 2.24) is 15.2 Å². The Kier molecular flexibility index (Phi) is 7.32. The van der Waals surface area contributed by atoms with Gasteiger partial charge in [0.15, 0.2) is 0 Å². The number of aromatic amines is 1. The van der Waals surface area contributed by atoms with Crippen LogP contribution < -0.4 is 21.1 Å². The van der Waals surface area contributed by atoms with Crippen LogP contribution in [0.1, 0.15) is 48.2 Å². The van der Waals surface area contributed by atoms with Crippen LogP contribution in [-0.4, -0.2) is 61.1 Å². The van der Waals surface area contributed by atoms with Crippen molar-refractivity contribution in [3.05, 3.63) is 63.3 Å². The van der Waals surface area contributed by atoms with Gasteiger partial charge in [0.2, 0.25) is 5.56 Å². The van der Waals surface area contributed by atoms with Crippen LogP contribution in [0.4, 0.5) is 24.5 Å². The number of rotatable bonds is 5. The lowest BCUT2D eigenvalue weighted by molar-refractivity contribution is 0.101. The van der Waals surface area contributed by atoms with Crippen LogP contribution in [-0.2, 0) is 0 Å². The monoisotopic (exact) mass is 489 g/mol. The number of piperazine rings is 1. The molecule has 7 nitrogen and oxygen atoms in total. The van der Waals surface area contributed by atoms with Gasteiger partial charge in [-0.3, -0.25) is 14.5 Å². The fraction of sp³-hybridized carbons (Fsp3) is 0.440. The van der Waals surface area contributed by atoms with Crippen molar-refractivity contribution in [1.29, 1.82) is 0 Å². The molecule has 0 spiro atoms. The van der Waals surface area contributed by atoms with Crippen molar-refractivity contribution in [3.8, 4) is 0 Å². The van der Waals surface area contributed by atoms with Gasteiger partial charge < -0.3 is 20.5 Å². The summed E-state index contributed by atoms with van der Waals surface area (Å²) in [6.45, 7) is 6.67. The first-order valence-corrected chi connectivity index (χ1v) is 11.7. The van der Waals surface area contributed by atoms with Gasteiger partial charge >= 0.3 is 0 Å². The number of aromatic nitrogens is 1. The molecule has 10 heteroatoms. The van der Waals surface area contributed by atoms with Gasteiger partial charge in [-0.1, -0.05) is 6.08 Å². The standard InChI is InChI=1S/C25H30F3N5O2/c1-14-12-33(13-15(2)32(14)3)22-10-20(26)17(16-4-6-29-7-5-16)8-21(22)31-25(35)19-11-30-23(34)9-18(19)24(27)28/h4,8-11,14-15,24,29H,5-7,12-13H2,1-3H3,(H,30,34)(H,31,35)/t14-,15+. The molecule has 2 aromatic rings. The second-order valence-electron chi connectivity index (χ2n) is 9.22. The smallest absolute Gasteiger partial charge is 0.264 e. The van der Waals surface area contributed by atoms with E-state index in [9.17, 15) is 18.4 Å². The first-order valence-electron chi connectivity index (χ1n) is 11.7. The van der Waals surface area contributed by atoms with Gasteiger partial charge in [0.25, 0.3) is 12.3 Å². The maximum Gasteiger partial charge on any atom is 0.264 e. The number of pyridine rings is 1. The Hall–Kier alpha value is -3.11. The van der Waals surface area contributed by atoms with Crippen molar-refractivity contribution < 1.29 is 18.0 Å². The van der Waals surface area contributed by atoms with Crippen LogP contribution in [0.15, 0.2) is 35.3 Å². The number of carbonyl (C=O) groups is 1. The summed E-state index contributed by atoms with van der Waals surface area (Å²) in [4.78, 5) is 31.2. The number of carbonyl (C=O) groups excluding carboxylic acids is 1. The van der Waals surface area contributed by atoms with Crippen LogP contribution in [0.25, 0.3) is 5.57 Å². The van der Waals surface area contributed by atoms with Crippen LogP contribution in [0.5, 0.6) is 0 Å². The lowest BCUT2D eigenvalue weighted by atomic mass is 9.97. The minimum absolute atomic E-state index is 0.182. The minimum Gasteiger partial charge on any atom is -0.367 e. The van der Waals surface area contributed by atoms with E-state index in [2.05, 4.69) is 34.4 Å². The predicted molar refractivity (Wildman–Crippen MR) is 131 cm³/mol. The number of hydrogen-bond donors (Lipinski definition) is 3. The molecular weight excluding hydrogens is 459 g/mol. The SMILES string of the molecule is C[C@@H]1CN(c2cc(F)c(C3=CCNCC3)cc2NC(=O)c2c[nH]c(=O)cc2C(F)F)C[C@H](C)N1C. The van der Waals surface area contributed by atoms with E-state index in [1.807, 2.05) is 18.0 Å². The second-order valence-corrected chi connectivity index (χ2v) is 9.22. The molecule has 1 fully saturated rings. The summed E-state index contributed by atoms with van der Waals surface area (Å²) in [7, 11) is 2.03. The van der Waals surface area contributed by atoms with Crippen LogP contribution in [0, 0.1) is 5.82 Å². The number of likely N-dealkylation sites (N-methyl/N-ethyl adjacent to an activating group) is 1. The molecule has 3 heterocycles. The summed E-state index contributed by atoms with van der Waals surface area (Å²) >= 11 is 0. The molecule has 1 aromatic carbocycles. The third-order valence-corrected chi connectivity index (χ3v) is 6.88. The summed E-state index contributed by atoms with van der Waals surface area (Å²) in [5.41, 5.74) is 0.303. The van der Waals surface area contributed by atoms with E-state index in [1.165, 1.54) is 6.07 Å². The summed E-state index contributed by atoms with van der Waals surface area (Å²) < 4.78 is 42.5. The molecule has 0 unspecified atom stereocenters. The molecular formula is C25H30F3N5O2. The molecule has 1 amide bonds. The highest BCUT2D eigenvalue weighted by atomic mass is 19.3. The fourth-order valence-electron chi connectivity index (χ4n) is 4.69. The van der Waals surface area contributed by atoms with Crippen molar-refractivity contribution in [2.75, 3.05) is 43.4 Å². The van der Waals surface area contributed by atoms with E-state index in [0.717, 1.165) is 17.8 Å². The van der Waals surface area contributed by atoms with E-state index >= 15 is 4.39 Å². The largest absolute Gasteiger partial charge is 0.367 e. The maximum absolute atomic E-state index is 15.4. The van der Waals surface area contributed by atoms with Crippen molar-refractivity contribution >= 4 is 22.9 Å². The molecule has 0 radical (unpaired) electrons. The lowest BCUT2D eigenvalue weighted by Gasteiger charge is -2.44. The van der Waals surface area contributed by atoms with Gasteiger partial charge in [-0.05, 0) is 51.6 Å². The minimum atomic E-state index is -3.00. The molecule has 0 saturated carbocycles. The summed E-state index contributed by atoms with van der Waals surface area (Å²) in [6, 6.07) is 4.09. The topological polar surface area (TPSA) is 80.5 Å². The van der Waals surface area contributed by atoms with Gasteiger partial charge in [-0.25, -0.2) is 13.2 Å². The van der Waals surface area contributed by atoms with Crippen LogP contribution >= 0.6 is 0 Å². The first kappa shape index (κ1) is 25.0. The van der Waals surface area contributed by atoms with Crippen LogP contribution in [0.3, 0.4) is 0 Å². The normalized spacial score (nSPS) is 21.2. The highest BCUT2D eigenvalue weighted by molar-refractivity contribution is 6.07. The molecule has 0 bridgehead atoms. The molecule has 2 aliphatic heterocycles. The number of halogens is 3. The van der Waals surface area contributed by atoms with Crippen molar-refractivity contribution in [2.45, 2.75) is 38.8 Å². The van der Waals surface area contributed by atoms with E-state index in [0.29, 0.717) is 49.5 Å². The maximum atomic E-state index is 15.4. The fourth-order valence-corrected chi connectivity index (χ4v) is 4.69. The highest BCUT2D eigenvalue weighted by Crippen LogP contribution is 2.36. The Bertz CT molecular complexity index is 1180. The zero-order chi connectivity index (χ0) is 25.3. The number of nitrogens with zero attached hydrogens (tertiary/aromatic N) is 2. The van der Waals surface area contributed by atoms with Gasteiger partial charge in [0.05, 0.1) is 16.9 Å². The van der Waals surface area contributed by atoms with E-state index in [1.54, 1.807) is 6.07 Å². The first-order chi connectivity index (χ1) is 16.7. The Balaban J connectivity index is 1.77. The molecule has 2 aliphatic rings. The molecule has 188 valence electrons. The zero-order valence-corrected chi connectivity index (χ0v) is 20.0. The van der Waals surface area contributed by atoms with Crippen molar-refractivity contribution in [3.63, 3.8) is 0 Å². The molecule has 4 rings (SSSR count). The number of H-pyrrole nitrogens is 1. The average molecular weight is 490 g/mol. The second kappa shape index (κ2) is 10.2. The predicted octanol–water partition coefficient (Wildman–Crippen LogP) is 3.61. The third-order valence-electron chi connectivity index (χ3n) is 6.88. The molecule has 3 N–H and O–H groups in total. The van der Waals surface area contributed by atoms with Crippen molar-refractivity contribution in [2.24, 2.45) is 0 Å². The Morgan fingerprint density at radius 2 is 1.89 bits per heavy atom. The van der Waals surface area contributed by atoms with Gasteiger partial charge in [-0.2, -0.15) is 0 Å². The summed E-state index contributed by atoms with van der Waals surface area (Å²) in [5.74, 6) is -1.20. The molecule has 0 aliphatic carbocycles.